The van der Waals surface area contributed by atoms with Gasteiger partial charge >= 0.3 is 0 Å². The number of nitrogens with zero attached hydrogens (tertiary/aromatic N) is 3. The number of aromatic nitrogens is 3. The van der Waals surface area contributed by atoms with Crippen LogP contribution in [-0.2, 0) is 11.8 Å². The normalized spacial score (nSPS) is 20.1. The largest absolute Gasteiger partial charge is 0.371 e. The van der Waals surface area contributed by atoms with E-state index in [4.69, 9.17) is 4.74 Å². The Morgan fingerprint density at radius 3 is 2.96 bits per heavy atom. The highest BCUT2D eigenvalue weighted by Crippen LogP contribution is 2.31. The minimum atomic E-state index is -0.166. The van der Waals surface area contributed by atoms with Crippen molar-refractivity contribution in [2.24, 2.45) is 7.05 Å². The Bertz CT molecular complexity index is 929. The molecule has 4 rings (SSSR count). The zero-order valence-electron chi connectivity index (χ0n) is 14.3. The van der Waals surface area contributed by atoms with Gasteiger partial charge in [0.1, 0.15) is 6.10 Å². The third-order valence-electron chi connectivity index (χ3n) is 4.68. The van der Waals surface area contributed by atoms with Crippen LogP contribution in [0.5, 0.6) is 0 Å². The topological polar surface area (TPSA) is 69.0 Å². The second kappa shape index (κ2) is 6.29. The van der Waals surface area contributed by atoms with Crippen molar-refractivity contribution in [2.45, 2.75) is 25.5 Å². The van der Waals surface area contributed by atoms with Gasteiger partial charge in [0.05, 0.1) is 17.3 Å². The van der Waals surface area contributed by atoms with Gasteiger partial charge in [-0.15, -0.1) is 0 Å². The molecule has 1 fully saturated rings. The molecule has 3 aromatic rings. The molecule has 1 aromatic carbocycles. The molecular formula is C19H20N4O2. The van der Waals surface area contributed by atoms with Crippen LogP contribution in [0.15, 0.2) is 42.9 Å². The number of amides is 1. The van der Waals surface area contributed by atoms with Crippen LogP contribution >= 0.6 is 0 Å². The van der Waals surface area contributed by atoms with Gasteiger partial charge in [-0.25, -0.2) is 0 Å². The molecule has 25 heavy (non-hydrogen) atoms. The molecule has 1 aliphatic rings. The molecule has 0 unspecified atom stereocenters. The fourth-order valence-corrected chi connectivity index (χ4v) is 3.48. The van der Waals surface area contributed by atoms with E-state index < -0.39 is 0 Å². The molecule has 2 atom stereocenters. The van der Waals surface area contributed by atoms with Gasteiger partial charge in [0.15, 0.2) is 0 Å². The first-order valence-electron chi connectivity index (χ1n) is 8.39. The predicted octanol–water partition coefficient (Wildman–Crippen LogP) is 2.54. The number of hydrogen-bond acceptors (Lipinski definition) is 4. The summed E-state index contributed by atoms with van der Waals surface area (Å²) in [6.07, 6.45) is 5.97. The van der Waals surface area contributed by atoms with Crippen molar-refractivity contribution in [3.63, 3.8) is 0 Å². The van der Waals surface area contributed by atoms with E-state index in [0.717, 1.165) is 28.5 Å². The number of rotatable bonds is 3. The Morgan fingerprint density at radius 1 is 1.32 bits per heavy atom. The van der Waals surface area contributed by atoms with Gasteiger partial charge < -0.3 is 10.1 Å². The fourth-order valence-electron chi connectivity index (χ4n) is 3.48. The van der Waals surface area contributed by atoms with E-state index in [1.807, 2.05) is 44.4 Å². The van der Waals surface area contributed by atoms with Crippen LogP contribution < -0.4 is 5.32 Å². The van der Waals surface area contributed by atoms with Crippen LogP contribution in [0, 0.1) is 6.92 Å². The summed E-state index contributed by atoms with van der Waals surface area (Å²) in [6, 6.07) is 7.70. The van der Waals surface area contributed by atoms with Crippen molar-refractivity contribution < 1.29 is 9.53 Å². The maximum absolute atomic E-state index is 12.9. The SMILES string of the molecule is Cc1nn(C)cc1[C@H]1OCC[C@@H]1NC(=O)c1cncc2ccccc12. The maximum Gasteiger partial charge on any atom is 0.253 e. The Balaban J connectivity index is 1.60. The zero-order chi connectivity index (χ0) is 17.4. The smallest absolute Gasteiger partial charge is 0.253 e. The summed E-state index contributed by atoms with van der Waals surface area (Å²) in [7, 11) is 1.89. The summed E-state index contributed by atoms with van der Waals surface area (Å²) in [5.74, 6) is -0.119. The van der Waals surface area contributed by atoms with E-state index in [2.05, 4.69) is 15.4 Å². The molecule has 1 amide bonds. The lowest BCUT2D eigenvalue weighted by molar-refractivity contribution is 0.0820. The predicted molar refractivity (Wildman–Crippen MR) is 94.3 cm³/mol. The first-order valence-corrected chi connectivity index (χ1v) is 8.39. The highest BCUT2D eigenvalue weighted by atomic mass is 16.5. The second-order valence-corrected chi connectivity index (χ2v) is 6.41. The van der Waals surface area contributed by atoms with E-state index in [-0.39, 0.29) is 18.1 Å². The fraction of sp³-hybridized carbons (Fsp3) is 0.316. The van der Waals surface area contributed by atoms with E-state index in [1.165, 1.54) is 0 Å². The van der Waals surface area contributed by atoms with Crippen LogP contribution in [0.1, 0.15) is 34.1 Å². The number of carbonyl (C=O) groups is 1. The number of pyridine rings is 1. The summed E-state index contributed by atoms with van der Waals surface area (Å²) in [4.78, 5) is 17.1. The third kappa shape index (κ3) is 2.89. The summed E-state index contributed by atoms with van der Waals surface area (Å²) in [5, 5.41) is 9.38. The number of benzene rings is 1. The van der Waals surface area contributed by atoms with Gasteiger partial charge in [-0.1, -0.05) is 24.3 Å². The molecule has 0 bridgehead atoms. The molecule has 0 saturated carbocycles. The van der Waals surface area contributed by atoms with E-state index in [0.29, 0.717) is 12.2 Å². The molecule has 6 heteroatoms. The van der Waals surface area contributed by atoms with Crippen molar-refractivity contribution >= 4 is 16.7 Å². The average Bonchev–Trinajstić information content (AvgIpc) is 3.19. The van der Waals surface area contributed by atoms with Gasteiger partial charge in [0.25, 0.3) is 5.91 Å². The van der Waals surface area contributed by atoms with Crippen molar-refractivity contribution in [1.29, 1.82) is 0 Å². The molecule has 0 radical (unpaired) electrons. The highest BCUT2D eigenvalue weighted by Gasteiger charge is 2.33. The number of fused-ring (bicyclic) bond motifs is 1. The van der Waals surface area contributed by atoms with Crippen molar-refractivity contribution in [2.75, 3.05) is 6.61 Å². The molecule has 3 heterocycles. The Hall–Kier alpha value is -2.73. The molecular weight excluding hydrogens is 316 g/mol. The Morgan fingerprint density at radius 2 is 2.16 bits per heavy atom. The zero-order valence-corrected chi connectivity index (χ0v) is 14.3. The van der Waals surface area contributed by atoms with Gasteiger partial charge in [0.2, 0.25) is 0 Å². The lowest BCUT2D eigenvalue weighted by atomic mass is 10.0. The minimum absolute atomic E-state index is 0.0747. The Labute approximate surface area is 145 Å². The van der Waals surface area contributed by atoms with Crippen molar-refractivity contribution in [3.05, 3.63) is 59.7 Å². The van der Waals surface area contributed by atoms with Gasteiger partial charge in [-0.3, -0.25) is 14.5 Å². The summed E-state index contributed by atoms with van der Waals surface area (Å²) >= 11 is 0. The summed E-state index contributed by atoms with van der Waals surface area (Å²) in [6.45, 7) is 2.59. The number of carbonyl (C=O) groups excluding carboxylic acids is 1. The van der Waals surface area contributed by atoms with Crippen LogP contribution in [0.3, 0.4) is 0 Å². The number of ether oxygens (including phenoxy) is 1. The number of hydrogen-bond donors (Lipinski definition) is 1. The van der Waals surface area contributed by atoms with Gasteiger partial charge in [-0.05, 0) is 18.7 Å². The van der Waals surface area contributed by atoms with Crippen molar-refractivity contribution in [3.8, 4) is 0 Å². The van der Waals surface area contributed by atoms with Crippen molar-refractivity contribution in [1.82, 2.24) is 20.1 Å². The minimum Gasteiger partial charge on any atom is -0.371 e. The lowest BCUT2D eigenvalue weighted by Crippen LogP contribution is -2.37. The molecule has 1 saturated heterocycles. The van der Waals surface area contributed by atoms with Crippen LogP contribution in [0.2, 0.25) is 0 Å². The molecule has 128 valence electrons. The summed E-state index contributed by atoms with van der Waals surface area (Å²) in [5.41, 5.74) is 2.55. The maximum atomic E-state index is 12.9. The first kappa shape index (κ1) is 15.8. The van der Waals surface area contributed by atoms with E-state index in [9.17, 15) is 4.79 Å². The molecule has 1 N–H and O–H groups in total. The lowest BCUT2D eigenvalue weighted by Gasteiger charge is -2.20. The van der Waals surface area contributed by atoms with Crippen LogP contribution in [0.25, 0.3) is 10.8 Å². The highest BCUT2D eigenvalue weighted by molar-refractivity contribution is 6.06. The summed E-state index contributed by atoms with van der Waals surface area (Å²) < 4.78 is 7.66. The molecule has 2 aromatic heterocycles. The van der Waals surface area contributed by atoms with E-state index >= 15 is 0 Å². The van der Waals surface area contributed by atoms with Gasteiger partial charge in [0, 0.05) is 43.2 Å². The van der Waals surface area contributed by atoms with Crippen LogP contribution in [0.4, 0.5) is 0 Å². The average molecular weight is 336 g/mol. The molecule has 6 nitrogen and oxygen atoms in total. The second-order valence-electron chi connectivity index (χ2n) is 6.41. The van der Waals surface area contributed by atoms with Crippen LogP contribution in [-0.4, -0.2) is 33.3 Å². The monoisotopic (exact) mass is 336 g/mol. The van der Waals surface area contributed by atoms with Gasteiger partial charge in [-0.2, -0.15) is 5.10 Å². The number of nitrogens with one attached hydrogen (secondary N) is 1. The standard InChI is InChI=1S/C19H20N4O2/c1-12-16(11-23(2)22-12)18-17(7-8-25-18)21-19(24)15-10-20-9-13-5-3-4-6-14(13)15/h3-6,9-11,17-18H,7-8H2,1-2H3,(H,21,24)/t17-,18+/m0/s1. The third-order valence-corrected chi connectivity index (χ3v) is 4.68. The quantitative estimate of drug-likeness (QED) is 0.798. The Kier molecular flexibility index (Phi) is 3.97. The van der Waals surface area contributed by atoms with E-state index in [1.54, 1.807) is 17.1 Å². The number of aryl methyl sites for hydroxylation is 2. The molecule has 0 aliphatic carbocycles. The molecule has 1 aliphatic heterocycles. The first-order chi connectivity index (χ1) is 12.1. The molecule has 0 spiro atoms.